The van der Waals surface area contributed by atoms with E-state index in [2.05, 4.69) is 0 Å². The van der Waals surface area contributed by atoms with Gasteiger partial charge in [0.15, 0.2) is 0 Å². The minimum absolute atomic E-state index is 0.224. The average molecular weight is 243 g/mol. The van der Waals surface area contributed by atoms with E-state index in [0.29, 0.717) is 11.3 Å². The monoisotopic (exact) mass is 243 g/mol. The number of aliphatic hydroxyl groups is 1. The zero-order chi connectivity index (χ0) is 12.4. The van der Waals surface area contributed by atoms with Crippen LogP contribution in [-0.2, 0) is 0 Å². The van der Waals surface area contributed by atoms with Crippen LogP contribution < -0.4 is 4.74 Å². The maximum Gasteiger partial charge on any atom is 0.251 e. The lowest BCUT2D eigenvalue weighted by atomic mass is 9.98. The molecule has 2 atom stereocenters. The lowest BCUT2D eigenvalue weighted by Gasteiger charge is -2.36. The Hall–Kier alpha value is -1.20. The summed E-state index contributed by atoms with van der Waals surface area (Å²) >= 11 is 0. The van der Waals surface area contributed by atoms with Crippen molar-refractivity contribution in [1.82, 2.24) is 4.90 Å². The lowest BCUT2D eigenvalue weighted by Crippen LogP contribution is -2.45. The summed E-state index contributed by atoms with van der Waals surface area (Å²) in [7, 11) is 1.57. The van der Waals surface area contributed by atoms with Crippen molar-refractivity contribution in [2.24, 2.45) is 0 Å². The molecule has 3 nitrogen and oxygen atoms in total. The van der Waals surface area contributed by atoms with Gasteiger partial charge in [-0.25, -0.2) is 8.78 Å². The number of hydrogen-bond donors (Lipinski definition) is 1. The molecule has 0 saturated carbocycles. The molecule has 1 aliphatic heterocycles. The highest BCUT2D eigenvalue weighted by atomic mass is 19.3. The molecular formula is C12H15F2NO2. The first-order chi connectivity index (χ1) is 8.09. The van der Waals surface area contributed by atoms with E-state index < -0.39 is 18.6 Å². The second kappa shape index (κ2) is 4.98. The van der Waals surface area contributed by atoms with E-state index in [0.717, 1.165) is 0 Å². The van der Waals surface area contributed by atoms with E-state index in [9.17, 15) is 13.9 Å². The number of rotatable bonds is 3. The third-order valence-electron chi connectivity index (χ3n) is 3.00. The van der Waals surface area contributed by atoms with E-state index >= 15 is 0 Å². The normalized spacial score (nSPS) is 23.6. The van der Waals surface area contributed by atoms with E-state index in [1.165, 1.54) is 4.90 Å². The number of fused-ring (bicyclic) bond motifs is 1. The Morgan fingerprint density at radius 3 is 2.88 bits per heavy atom. The van der Waals surface area contributed by atoms with Crippen molar-refractivity contribution in [3.8, 4) is 5.75 Å². The maximum atomic E-state index is 12.3. The first kappa shape index (κ1) is 12.3. The van der Waals surface area contributed by atoms with Gasteiger partial charge in [0.05, 0.1) is 12.6 Å². The molecule has 2 rings (SSSR count). The Labute approximate surface area is 98.6 Å². The SMILES string of the molecule is CN(CC(F)F)C1COc2ccccc2C1O. The van der Waals surface area contributed by atoms with Crippen LogP contribution in [0.3, 0.4) is 0 Å². The smallest absolute Gasteiger partial charge is 0.251 e. The molecule has 1 aromatic carbocycles. The third-order valence-corrected chi connectivity index (χ3v) is 3.00. The van der Waals surface area contributed by atoms with Crippen LogP contribution in [0.4, 0.5) is 8.78 Å². The first-order valence-electron chi connectivity index (χ1n) is 5.47. The Kier molecular flexibility index (Phi) is 3.59. The summed E-state index contributed by atoms with van der Waals surface area (Å²) < 4.78 is 30.1. The minimum atomic E-state index is -2.41. The van der Waals surface area contributed by atoms with Crippen LogP contribution in [-0.4, -0.2) is 42.7 Å². The number of hydrogen-bond acceptors (Lipinski definition) is 3. The quantitative estimate of drug-likeness (QED) is 0.876. The molecule has 0 fully saturated rings. The zero-order valence-electron chi connectivity index (χ0n) is 9.51. The first-order valence-corrected chi connectivity index (χ1v) is 5.47. The van der Waals surface area contributed by atoms with Gasteiger partial charge in [-0.3, -0.25) is 4.90 Å². The summed E-state index contributed by atoms with van der Waals surface area (Å²) in [6, 6.07) is 6.69. The molecule has 0 radical (unpaired) electrons. The number of nitrogens with zero attached hydrogens (tertiary/aromatic N) is 1. The second-order valence-corrected chi connectivity index (χ2v) is 4.19. The van der Waals surface area contributed by atoms with Crippen molar-refractivity contribution in [1.29, 1.82) is 0 Å². The van der Waals surface area contributed by atoms with Gasteiger partial charge in [-0.05, 0) is 13.1 Å². The molecule has 5 heteroatoms. The number of benzene rings is 1. The molecule has 2 unspecified atom stereocenters. The number of ether oxygens (including phenoxy) is 1. The molecule has 0 aromatic heterocycles. The average Bonchev–Trinajstić information content (AvgIpc) is 2.28. The van der Waals surface area contributed by atoms with Gasteiger partial charge >= 0.3 is 0 Å². The fourth-order valence-corrected chi connectivity index (χ4v) is 2.05. The van der Waals surface area contributed by atoms with Crippen molar-refractivity contribution in [3.05, 3.63) is 29.8 Å². The van der Waals surface area contributed by atoms with Gasteiger partial charge in [-0.15, -0.1) is 0 Å². The highest BCUT2D eigenvalue weighted by Crippen LogP contribution is 2.33. The predicted octanol–water partition coefficient (Wildman–Crippen LogP) is 1.68. The number of halogens is 2. The fraction of sp³-hybridized carbons (Fsp3) is 0.500. The lowest BCUT2D eigenvalue weighted by molar-refractivity contribution is -0.00912. The number of alkyl halides is 2. The highest BCUT2D eigenvalue weighted by Gasteiger charge is 2.32. The van der Waals surface area contributed by atoms with Crippen molar-refractivity contribution in [2.45, 2.75) is 18.6 Å². The fourth-order valence-electron chi connectivity index (χ4n) is 2.05. The van der Waals surface area contributed by atoms with Crippen molar-refractivity contribution in [3.63, 3.8) is 0 Å². The second-order valence-electron chi connectivity index (χ2n) is 4.19. The van der Waals surface area contributed by atoms with Crippen LogP contribution in [0.5, 0.6) is 5.75 Å². The molecule has 0 saturated heterocycles. The topological polar surface area (TPSA) is 32.7 Å². The summed E-state index contributed by atoms with van der Waals surface area (Å²) in [5.74, 6) is 0.627. The van der Waals surface area contributed by atoms with E-state index in [1.807, 2.05) is 6.07 Å². The molecular weight excluding hydrogens is 228 g/mol. The summed E-state index contributed by atoms with van der Waals surface area (Å²) in [4.78, 5) is 1.44. The molecule has 0 spiro atoms. The van der Waals surface area contributed by atoms with Crippen LogP contribution in [0.1, 0.15) is 11.7 Å². The minimum Gasteiger partial charge on any atom is -0.491 e. The van der Waals surface area contributed by atoms with Crippen LogP contribution in [0.15, 0.2) is 24.3 Å². The van der Waals surface area contributed by atoms with Crippen molar-refractivity contribution < 1.29 is 18.6 Å². The predicted molar refractivity (Wildman–Crippen MR) is 59.3 cm³/mol. The van der Waals surface area contributed by atoms with E-state index in [1.54, 1.807) is 25.2 Å². The molecule has 1 aromatic rings. The molecule has 1 N–H and O–H groups in total. The van der Waals surface area contributed by atoms with E-state index in [4.69, 9.17) is 4.74 Å². The molecule has 1 aliphatic rings. The molecule has 17 heavy (non-hydrogen) atoms. The summed E-state index contributed by atoms with van der Waals surface area (Å²) in [5.41, 5.74) is 0.657. The van der Waals surface area contributed by atoms with Crippen molar-refractivity contribution >= 4 is 0 Å². The Bertz CT molecular complexity index is 387. The van der Waals surface area contributed by atoms with Gasteiger partial charge < -0.3 is 9.84 Å². The number of para-hydroxylation sites is 1. The van der Waals surface area contributed by atoms with Gasteiger partial charge in [0.2, 0.25) is 0 Å². The van der Waals surface area contributed by atoms with Crippen LogP contribution in [0.2, 0.25) is 0 Å². The van der Waals surface area contributed by atoms with Gasteiger partial charge in [0.1, 0.15) is 18.5 Å². The molecule has 1 heterocycles. The Balaban J connectivity index is 2.14. The van der Waals surface area contributed by atoms with Gasteiger partial charge in [0.25, 0.3) is 6.43 Å². The number of aliphatic hydroxyl groups excluding tert-OH is 1. The molecule has 94 valence electrons. The maximum absolute atomic E-state index is 12.3. The Morgan fingerprint density at radius 2 is 2.18 bits per heavy atom. The molecule has 0 aliphatic carbocycles. The molecule has 0 bridgehead atoms. The zero-order valence-corrected chi connectivity index (χ0v) is 9.51. The van der Waals surface area contributed by atoms with Crippen molar-refractivity contribution in [2.75, 3.05) is 20.2 Å². The van der Waals surface area contributed by atoms with Gasteiger partial charge in [0, 0.05) is 5.56 Å². The van der Waals surface area contributed by atoms with Crippen LogP contribution in [0, 0.1) is 0 Å². The van der Waals surface area contributed by atoms with Crippen LogP contribution >= 0.6 is 0 Å². The van der Waals surface area contributed by atoms with Gasteiger partial charge in [-0.1, -0.05) is 18.2 Å². The third kappa shape index (κ3) is 2.56. The summed E-state index contributed by atoms with van der Waals surface area (Å²) in [6.45, 7) is -0.144. The molecule has 0 amide bonds. The highest BCUT2D eigenvalue weighted by molar-refractivity contribution is 5.37. The largest absolute Gasteiger partial charge is 0.491 e. The summed E-state index contributed by atoms with van der Waals surface area (Å²) in [6.07, 6.45) is -3.20. The van der Waals surface area contributed by atoms with Crippen LogP contribution in [0.25, 0.3) is 0 Å². The standard InChI is InChI=1S/C12H15F2NO2/c1-15(6-11(13)14)9-7-17-10-5-3-2-4-8(10)12(9)16/h2-5,9,11-12,16H,6-7H2,1H3. The van der Waals surface area contributed by atoms with Gasteiger partial charge in [-0.2, -0.15) is 0 Å². The van der Waals surface area contributed by atoms with E-state index in [-0.39, 0.29) is 13.2 Å². The Morgan fingerprint density at radius 1 is 1.47 bits per heavy atom. The summed E-state index contributed by atoms with van der Waals surface area (Å²) in [5, 5.41) is 10.1. The number of likely N-dealkylation sites (N-methyl/N-ethyl adjacent to an activating group) is 1.